The Morgan fingerprint density at radius 1 is 1.25 bits per heavy atom. The number of nitrogens with zero attached hydrogens (tertiary/aromatic N) is 1. The van der Waals surface area contributed by atoms with Crippen LogP contribution in [0.25, 0.3) is 0 Å². The maximum absolute atomic E-state index is 5.20. The second-order valence-corrected chi connectivity index (χ2v) is 2.37. The van der Waals surface area contributed by atoms with Crippen LogP contribution in [0.15, 0.2) is 18.3 Å². The van der Waals surface area contributed by atoms with Crippen molar-refractivity contribution in [3.63, 3.8) is 0 Å². The monoisotopic (exact) mass is 167 g/mol. The maximum atomic E-state index is 5.20. The zero-order valence-electron chi connectivity index (χ0n) is 6.75. The molecular formula is C7H13N5. The quantitative estimate of drug-likeness (QED) is 0.341. The number of nitrogens with two attached hydrogens (primary N) is 2. The molecule has 6 N–H and O–H groups in total. The molecule has 0 saturated carbocycles. The van der Waals surface area contributed by atoms with Gasteiger partial charge in [0.05, 0.1) is 12.2 Å². The zero-order chi connectivity index (χ0) is 8.81. The van der Waals surface area contributed by atoms with E-state index in [1.807, 2.05) is 12.1 Å². The van der Waals surface area contributed by atoms with Crippen molar-refractivity contribution in [2.24, 2.45) is 11.7 Å². The molecular weight excluding hydrogens is 154 g/mol. The third-order valence-corrected chi connectivity index (χ3v) is 1.55. The lowest BCUT2D eigenvalue weighted by molar-refractivity contribution is 0.684. The van der Waals surface area contributed by atoms with Crippen molar-refractivity contribution in [1.82, 2.24) is 15.8 Å². The van der Waals surface area contributed by atoms with Crippen molar-refractivity contribution < 1.29 is 0 Å². The van der Waals surface area contributed by atoms with Gasteiger partial charge in [0, 0.05) is 12.7 Å². The molecule has 1 rings (SSSR count). The van der Waals surface area contributed by atoms with Crippen LogP contribution in [-0.2, 0) is 13.1 Å². The normalized spacial score (nSPS) is 10.2. The van der Waals surface area contributed by atoms with Crippen molar-refractivity contribution in [2.45, 2.75) is 13.1 Å². The van der Waals surface area contributed by atoms with Crippen LogP contribution in [0.2, 0.25) is 0 Å². The van der Waals surface area contributed by atoms with E-state index in [1.165, 1.54) is 0 Å². The average molecular weight is 167 g/mol. The molecule has 0 fully saturated rings. The van der Waals surface area contributed by atoms with Gasteiger partial charge in [-0.25, -0.2) is 0 Å². The fourth-order valence-electron chi connectivity index (χ4n) is 0.998. The molecule has 0 saturated heterocycles. The van der Waals surface area contributed by atoms with E-state index >= 15 is 0 Å². The predicted molar refractivity (Wildman–Crippen MR) is 46.3 cm³/mol. The van der Waals surface area contributed by atoms with Gasteiger partial charge in [-0.2, -0.15) is 0 Å². The first-order valence-electron chi connectivity index (χ1n) is 3.68. The van der Waals surface area contributed by atoms with Crippen LogP contribution in [0.1, 0.15) is 11.3 Å². The number of hydrogen-bond donors (Lipinski definition) is 4. The van der Waals surface area contributed by atoms with Crippen LogP contribution in [0.5, 0.6) is 0 Å². The second kappa shape index (κ2) is 4.78. The van der Waals surface area contributed by atoms with E-state index in [9.17, 15) is 0 Å². The Balaban J connectivity index is 2.77. The molecule has 0 spiro atoms. The predicted octanol–water partition coefficient (Wildman–Crippen LogP) is -0.992. The van der Waals surface area contributed by atoms with Crippen molar-refractivity contribution in [2.75, 3.05) is 0 Å². The molecule has 0 amide bonds. The zero-order valence-corrected chi connectivity index (χ0v) is 6.75. The van der Waals surface area contributed by atoms with E-state index in [0.29, 0.717) is 13.1 Å². The molecule has 5 nitrogen and oxygen atoms in total. The summed E-state index contributed by atoms with van der Waals surface area (Å²) in [4.78, 5) is 4.15. The molecule has 0 bridgehead atoms. The molecule has 0 aromatic carbocycles. The second-order valence-electron chi connectivity index (χ2n) is 2.37. The summed E-state index contributed by atoms with van der Waals surface area (Å²) in [7, 11) is 0. The summed E-state index contributed by atoms with van der Waals surface area (Å²) in [6.45, 7) is 1.16. The topological polar surface area (TPSA) is 89.0 Å². The summed E-state index contributed by atoms with van der Waals surface area (Å²) in [5.74, 6) is 10.4. The van der Waals surface area contributed by atoms with Gasteiger partial charge in [0.2, 0.25) is 0 Å². The van der Waals surface area contributed by atoms with Gasteiger partial charge in [0.25, 0.3) is 0 Å². The van der Waals surface area contributed by atoms with Crippen LogP contribution in [0.3, 0.4) is 0 Å². The van der Waals surface area contributed by atoms with Gasteiger partial charge in [-0.3, -0.25) is 27.5 Å². The molecule has 0 aliphatic heterocycles. The Labute approximate surface area is 71.1 Å². The number of nitrogens with one attached hydrogen (secondary N) is 2. The Bertz CT molecular complexity index is 212. The van der Waals surface area contributed by atoms with E-state index in [2.05, 4.69) is 15.8 Å². The first kappa shape index (κ1) is 9.08. The van der Waals surface area contributed by atoms with E-state index in [4.69, 9.17) is 11.7 Å². The minimum atomic E-state index is 0.553. The highest BCUT2D eigenvalue weighted by Crippen LogP contribution is 2.03. The van der Waals surface area contributed by atoms with Crippen molar-refractivity contribution >= 4 is 0 Å². The smallest absolute Gasteiger partial charge is 0.0601 e. The summed E-state index contributed by atoms with van der Waals surface area (Å²) in [5, 5.41) is 0. The number of hydrazine groups is 2. The minimum Gasteiger partial charge on any atom is -0.271 e. The fraction of sp³-hybridized carbons (Fsp3) is 0.286. The number of pyridine rings is 1. The van der Waals surface area contributed by atoms with E-state index in [1.54, 1.807) is 6.20 Å². The molecule has 0 radical (unpaired) electrons. The molecule has 0 atom stereocenters. The van der Waals surface area contributed by atoms with Gasteiger partial charge in [0.1, 0.15) is 0 Å². The Morgan fingerprint density at radius 3 is 2.67 bits per heavy atom. The Hall–Kier alpha value is -1.01. The van der Waals surface area contributed by atoms with Crippen LogP contribution in [0, 0.1) is 0 Å². The van der Waals surface area contributed by atoms with Gasteiger partial charge in [0.15, 0.2) is 0 Å². The van der Waals surface area contributed by atoms with E-state index in [-0.39, 0.29) is 0 Å². The SMILES string of the molecule is NNCc1cccnc1CNN. The summed E-state index contributed by atoms with van der Waals surface area (Å²) in [5.41, 5.74) is 7.09. The number of rotatable bonds is 4. The van der Waals surface area contributed by atoms with Gasteiger partial charge in [-0.05, 0) is 11.6 Å². The van der Waals surface area contributed by atoms with Gasteiger partial charge >= 0.3 is 0 Å². The first-order valence-corrected chi connectivity index (χ1v) is 3.68. The first-order chi connectivity index (χ1) is 5.88. The summed E-state index contributed by atoms with van der Waals surface area (Å²) < 4.78 is 0. The lowest BCUT2D eigenvalue weighted by atomic mass is 10.2. The van der Waals surface area contributed by atoms with Crippen molar-refractivity contribution in [1.29, 1.82) is 0 Å². The van der Waals surface area contributed by atoms with Gasteiger partial charge in [-0.1, -0.05) is 6.07 Å². The summed E-state index contributed by atoms with van der Waals surface area (Å²) in [6.07, 6.45) is 1.73. The Morgan fingerprint density at radius 2 is 2.00 bits per heavy atom. The molecule has 1 aromatic rings. The van der Waals surface area contributed by atoms with Crippen molar-refractivity contribution in [3.05, 3.63) is 29.6 Å². The molecule has 5 heteroatoms. The molecule has 1 heterocycles. The molecule has 0 aliphatic carbocycles. The van der Waals surface area contributed by atoms with Crippen LogP contribution in [0.4, 0.5) is 0 Å². The molecule has 1 aromatic heterocycles. The third-order valence-electron chi connectivity index (χ3n) is 1.55. The fourth-order valence-corrected chi connectivity index (χ4v) is 0.998. The molecule has 66 valence electrons. The van der Waals surface area contributed by atoms with Crippen molar-refractivity contribution in [3.8, 4) is 0 Å². The lowest BCUT2D eigenvalue weighted by Gasteiger charge is -2.06. The number of aromatic nitrogens is 1. The average Bonchev–Trinajstić information content (AvgIpc) is 2.09. The van der Waals surface area contributed by atoms with Crippen LogP contribution < -0.4 is 22.5 Å². The highest BCUT2D eigenvalue weighted by molar-refractivity contribution is 5.19. The van der Waals surface area contributed by atoms with Crippen LogP contribution >= 0.6 is 0 Å². The third kappa shape index (κ3) is 2.24. The standard InChI is InChI=1S/C7H13N5/c8-11-4-6-2-1-3-10-7(6)5-12-9/h1-3,11-12H,4-5,8-9H2. The van der Waals surface area contributed by atoms with E-state index < -0.39 is 0 Å². The van der Waals surface area contributed by atoms with E-state index in [0.717, 1.165) is 11.3 Å². The highest BCUT2D eigenvalue weighted by atomic mass is 15.2. The summed E-state index contributed by atoms with van der Waals surface area (Å²) in [6, 6.07) is 3.83. The maximum Gasteiger partial charge on any atom is 0.0601 e. The minimum absolute atomic E-state index is 0.553. The van der Waals surface area contributed by atoms with Gasteiger partial charge in [-0.15, -0.1) is 0 Å². The molecule has 0 unspecified atom stereocenters. The number of hydrogen-bond acceptors (Lipinski definition) is 5. The van der Waals surface area contributed by atoms with Crippen LogP contribution in [-0.4, -0.2) is 4.98 Å². The molecule has 12 heavy (non-hydrogen) atoms. The Kier molecular flexibility index (Phi) is 3.62. The van der Waals surface area contributed by atoms with Gasteiger partial charge < -0.3 is 0 Å². The summed E-state index contributed by atoms with van der Waals surface area (Å²) >= 11 is 0. The molecule has 0 aliphatic rings. The lowest BCUT2D eigenvalue weighted by Crippen LogP contribution is -2.25. The largest absolute Gasteiger partial charge is 0.271 e. The highest BCUT2D eigenvalue weighted by Gasteiger charge is 1.99.